The van der Waals surface area contributed by atoms with Crippen LogP contribution in [0.4, 0.5) is 0 Å². The smallest absolute Gasteiger partial charge is 0.325 e. The SMILES string of the molecule is COC1=C(NCCO)C[C@](O)(CO)CC1=NCC(=O)O. The molecule has 0 saturated heterocycles. The molecule has 0 radical (unpaired) electrons. The van der Waals surface area contributed by atoms with Crippen molar-refractivity contribution < 1.29 is 30.0 Å². The first-order valence-electron chi connectivity index (χ1n) is 6.16. The molecule has 0 saturated carbocycles. The summed E-state index contributed by atoms with van der Waals surface area (Å²) in [5.74, 6) is -0.756. The molecule has 114 valence electrons. The average Bonchev–Trinajstić information content (AvgIpc) is 2.42. The first kappa shape index (κ1) is 16.4. The number of nitrogens with one attached hydrogen (secondary N) is 1. The standard InChI is InChI=1S/C12H20N2O6/c1-20-11-8(13-2-3-15)4-12(19,7-16)5-9(11)14-6-10(17)18/h13,15-16,19H,2-7H2,1H3,(H,17,18)/t12-/m1/s1. The van der Waals surface area contributed by atoms with Crippen LogP contribution in [-0.4, -0.2) is 71.1 Å². The lowest BCUT2D eigenvalue weighted by Crippen LogP contribution is -2.43. The van der Waals surface area contributed by atoms with Gasteiger partial charge in [-0.15, -0.1) is 0 Å². The molecule has 0 aromatic heterocycles. The molecule has 8 nitrogen and oxygen atoms in total. The van der Waals surface area contributed by atoms with E-state index in [0.29, 0.717) is 11.5 Å². The zero-order valence-electron chi connectivity index (χ0n) is 11.3. The number of aliphatic hydroxyl groups excluding tert-OH is 2. The van der Waals surface area contributed by atoms with E-state index in [1.807, 2.05) is 0 Å². The summed E-state index contributed by atoms with van der Waals surface area (Å²) in [5.41, 5.74) is -0.663. The highest BCUT2D eigenvalue weighted by Gasteiger charge is 2.37. The van der Waals surface area contributed by atoms with Crippen LogP contribution in [0, 0.1) is 0 Å². The van der Waals surface area contributed by atoms with Crippen LogP contribution in [0.15, 0.2) is 16.4 Å². The normalized spacial score (nSPS) is 24.9. The summed E-state index contributed by atoms with van der Waals surface area (Å²) < 4.78 is 5.20. The second-order valence-electron chi connectivity index (χ2n) is 4.55. The number of hydrogen-bond donors (Lipinski definition) is 5. The van der Waals surface area contributed by atoms with Gasteiger partial charge in [0.2, 0.25) is 0 Å². The van der Waals surface area contributed by atoms with Gasteiger partial charge in [0.15, 0.2) is 5.76 Å². The van der Waals surface area contributed by atoms with E-state index in [0.717, 1.165) is 0 Å². The maximum Gasteiger partial charge on any atom is 0.325 e. The zero-order chi connectivity index (χ0) is 15.2. The molecule has 20 heavy (non-hydrogen) atoms. The molecule has 1 rings (SSSR count). The minimum absolute atomic E-state index is 0.00422. The van der Waals surface area contributed by atoms with E-state index in [9.17, 15) is 15.0 Å². The molecule has 0 spiro atoms. The van der Waals surface area contributed by atoms with Gasteiger partial charge >= 0.3 is 5.97 Å². The third kappa shape index (κ3) is 4.19. The van der Waals surface area contributed by atoms with Gasteiger partial charge in [-0.25, -0.2) is 0 Å². The highest BCUT2D eigenvalue weighted by atomic mass is 16.5. The average molecular weight is 288 g/mol. The molecule has 0 heterocycles. The monoisotopic (exact) mass is 288 g/mol. The Bertz CT molecular complexity index is 420. The van der Waals surface area contributed by atoms with Crippen LogP contribution < -0.4 is 5.32 Å². The fourth-order valence-corrected chi connectivity index (χ4v) is 2.03. The molecule has 8 heteroatoms. The van der Waals surface area contributed by atoms with Gasteiger partial charge in [0.05, 0.1) is 37.3 Å². The van der Waals surface area contributed by atoms with Crippen molar-refractivity contribution in [3.63, 3.8) is 0 Å². The molecule has 0 amide bonds. The third-order valence-electron chi connectivity index (χ3n) is 2.89. The summed E-state index contributed by atoms with van der Waals surface area (Å²) >= 11 is 0. The molecule has 1 atom stereocenters. The largest absolute Gasteiger partial charge is 0.493 e. The van der Waals surface area contributed by atoms with Crippen molar-refractivity contribution in [2.24, 2.45) is 4.99 Å². The molecule has 0 unspecified atom stereocenters. The van der Waals surface area contributed by atoms with Gasteiger partial charge in [-0.3, -0.25) is 9.79 Å². The predicted octanol–water partition coefficient (Wildman–Crippen LogP) is -1.53. The van der Waals surface area contributed by atoms with E-state index in [2.05, 4.69) is 10.3 Å². The number of carbonyl (C=O) groups is 1. The zero-order valence-corrected chi connectivity index (χ0v) is 11.3. The summed E-state index contributed by atoms with van der Waals surface area (Å²) in [7, 11) is 1.41. The van der Waals surface area contributed by atoms with Crippen LogP contribution in [0.5, 0.6) is 0 Å². The van der Waals surface area contributed by atoms with Crippen molar-refractivity contribution >= 4 is 11.7 Å². The molecular formula is C12H20N2O6. The van der Waals surface area contributed by atoms with Gasteiger partial charge in [-0.1, -0.05) is 0 Å². The van der Waals surface area contributed by atoms with Gasteiger partial charge < -0.3 is 30.5 Å². The molecular weight excluding hydrogens is 268 g/mol. The Balaban J connectivity index is 3.10. The molecule has 0 aromatic carbocycles. The Morgan fingerprint density at radius 1 is 1.45 bits per heavy atom. The van der Waals surface area contributed by atoms with E-state index < -0.39 is 24.7 Å². The Morgan fingerprint density at radius 3 is 2.65 bits per heavy atom. The lowest BCUT2D eigenvalue weighted by molar-refractivity contribution is -0.135. The number of aliphatic imine (C=N–C) groups is 1. The maximum atomic E-state index is 10.6. The quantitative estimate of drug-likeness (QED) is 0.384. The van der Waals surface area contributed by atoms with Crippen LogP contribution >= 0.6 is 0 Å². The Morgan fingerprint density at radius 2 is 2.15 bits per heavy atom. The molecule has 0 aliphatic heterocycles. The number of nitrogens with zero attached hydrogens (tertiary/aromatic N) is 1. The Labute approximate surface area is 116 Å². The van der Waals surface area contributed by atoms with Gasteiger partial charge in [-0.2, -0.15) is 0 Å². The fraction of sp³-hybridized carbons (Fsp3) is 0.667. The van der Waals surface area contributed by atoms with Crippen LogP contribution in [0.25, 0.3) is 0 Å². The molecule has 1 aliphatic carbocycles. The molecule has 0 fully saturated rings. The van der Waals surface area contributed by atoms with Crippen molar-refractivity contribution in [3.8, 4) is 0 Å². The van der Waals surface area contributed by atoms with E-state index in [1.165, 1.54) is 7.11 Å². The van der Waals surface area contributed by atoms with E-state index in [1.54, 1.807) is 0 Å². The Kier molecular flexibility index (Phi) is 5.93. The van der Waals surface area contributed by atoms with Crippen LogP contribution in [-0.2, 0) is 9.53 Å². The summed E-state index contributed by atoms with van der Waals surface area (Å²) in [6, 6.07) is 0. The topological polar surface area (TPSA) is 132 Å². The Hall–Kier alpha value is -1.64. The van der Waals surface area contributed by atoms with Gasteiger partial charge in [-0.05, 0) is 0 Å². The lowest BCUT2D eigenvalue weighted by Gasteiger charge is -2.34. The van der Waals surface area contributed by atoms with Crippen LogP contribution in [0.3, 0.4) is 0 Å². The number of carboxylic acids is 1. The minimum Gasteiger partial charge on any atom is -0.493 e. The number of methoxy groups -OCH3 is 1. The highest BCUT2D eigenvalue weighted by Crippen LogP contribution is 2.30. The lowest BCUT2D eigenvalue weighted by atomic mass is 9.85. The summed E-state index contributed by atoms with van der Waals surface area (Å²) in [4.78, 5) is 14.5. The summed E-state index contributed by atoms with van der Waals surface area (Å²) in [6.45, 7) is -0.799. The highest BCUT2D eigenvalue weighted by molar-refractivity contribution is 6.01. The summed E-state index contributed by atoms with van der Waals surface area (Å²) in [5, 5.41) is 39.9. The third-order valence-corrected chi connectivity index (χ3v) is 2.89. The number of allylic oxidation sites excluding steroid dienone is 1. The molecule has 1 aliphatic rings. The van der Waals surface area contributed by atoms with Gasteiger partial charge in [0.1, 0.15) is 6.54 Å². The number of carboxylic acid groups (broad SMARTS) is 1. The van der Waals surface area contributed by atoms with E-state index >= 15 is 0 Å². The molecule has 0 aromatic rings. The van der Waals surface area contributed by atoms with Crippen molar-refractivity contribution in [1.82, 2.24) is 5.32 Å². The first-order chi connectivity index (χ1) is 9.45. The maximum absolute atomic E-state index is 10.6. The van der Waals surface area contributed by atoms with Crippen molar-refractivity contribution in [2.45, 2.75) is 18.4 Å². The number of ether oxygens (including phenoxy) is 1. The second kappa shape index (κ2) is 7.22. The minimum atomic E-state index is -1.42. The van der Waals surface area contributed by atoms with E-state index in [-0.39, 0.29) is 31.7 Å². The number of rotatable bonds is 7. The van der Waals surface area contributed by atoms with Crippen molar-refractivity contribution in [1.29, 1.82) is 0 Å². The second-order valence-corrected chi connectivity index (χ2v) is 4.55. The van der Waals surface area contributed by atoms with Crippen LogP contribution in [0.1, 0.15) is 12.8 Å². The van der Waals surface area contributed by atoms with Gasteiger partial charge in [0, 0.05) is 19.4 Å². The predicted molar refractivity (Wildman–Crippen MR) is 70.3 cm³/mol. The van der Waals surface area contributed by atoms with Gasteiger partial charge in [0.25, 0.3) is 0 Å². The number of aliphatic hydroxyl groups is 3. The van der Waals surface area contributed by atoms with Crippen molar-refractivity contribution in [3.05, 3.63) is 11.5 Å². The molecule has 0 bridgehead atoms. The first-order valence-corrected chi connectivity index (χ1v) is 6.16. The van der Waals surface area contributed by atoms with Crippen LogP contribution in [0.2, 0.25) is 0 Å². The summed E-state index contributed by atoms with van der Waals surface area (Å²) in [6.07, 6.45) is 0.114. The number of aliphatic carboxylic acids is 1. The van der Waals surface area contributed by atoms with Crippen molar-refractivity contribution in [2.75, 3.05) is 33.4 Å². The van der Waals surface area contributed by atoms with E-state index in [4.69, 9.17) is 14.9 Å². The number of hydrogen-bond acceptors (Lipinski definition) is 7. The molecule has 5 N–H and O–H groups in total. The fourth-order valence-electron chi connectivity index (χ4n) is 2.03.